The first-order valence-electron chi connectivity index (χ1n) is 12.6. The quantitative estimate of drug-likeness (QED) is 0.360. The Morgan fingerprint density at radius 2 is 1.58 bits per heavy atom. The molecule has 38 heavy (non-hydrogen) atoms. The number of nitrogens with zero attached hydrogens (tertiary/aromatic N) is 4. The van der Waals surface area contributed by atoms with Crippen LogP contribution in [0.25, 0.3) is 10.9 Å². The van der Waals surface area contributed by atoms with Gasteiger partial charge in [0.2, 0.25) is 0 Å². The molecule has 0 aliphatic carbocycles. The van der Waals surface area contributed by atoms with Gasteiger partial charge in [-0.2, -0.15) is 0 Å². The standard InChI is InChI=1S/C29H32ClFN4O3/c1-28-14-34(12-18-6-8-19(31)9-7-18)15-29(28,2)17-35(16-28)26(37)21-10-20-22(25(36)27(38)32(3)4)13-33(5)24(20)11-23(21)30/h6-11,13H,12,14-17H2,1-5H3/t28-,29?/m1/s1. The van der Waals surface area contributed by atoms with E-state index in [-0.39, 0.29) is 28.1 Å². The molecule has 0 N–H and O–H groups in total. The Morgan fingerprint density at radius 1 is 0.974 bits per heavy atom. The molecule has 5 rings (SSSR count). The third kappa shape index (κ3) is 4.29. The number of carbonyl (C=O) groups is 3. The van der Waals surface area contributed by atoms with Crippen molar-refractivity contribution in [1.82, 2.24) is 19.3 Å². The highest BCUT2D eigenvalue weighted by atomic mass is 35.5. The number of likely N-dealkylation sites (tertiary alicyclic amines) is 2. The Balaban J connectivity index is 1.39. The van der Waals surface area contributed by atoms with Gasteiger partial charge in [-0.1, -0.05) is 37.6 Å². The van der Waals surface area contributed by atoms with Crippen LogP contribution in [-0.2, 0) is 18.4 Å². The van der Waals surface area contributed by atoms with Crippen LogP contribution in [-0.4, -0.2) is 77.1 Å². The number of amides is 2. The average Bonchev–Trinajstić information content (AvgIpc) is 3.39. The minimum absolute atomic E-state index is 0.120. The molecule has 0 bridgehead atoms. The van der Waals surface area contributed by atoms with Crippen molar-refractivity contribution < 1.29 is 18.8 Å². The topological polar surface area (TPSA) is 65.9 Å². The van der Waals surface area contributed by atoms with Crippen LogP contribution in [0.5, 0.6) is 0 Å². The molecule has 2 saturated heterocycles. The number of aromatic nitrogens is 1. The Kier molecular flexibility index (Phi) is 6.39. The van der Waals surface area contributed by atoms with Crippen molar-refractivity contribution in [3.63, 3.8) is 0 Å². The zero-order chi connectivity index (χ0) is 27.6. The molecule has 3 heterocycles. The lowest BCUT2D eigenvalue weighted by atomic mass is 9.71. The largest absolute Gasteiger partial charge is 0.350 e. The lowest BCUT2D eigenvalue weighted by molar-refractivity contribution is -0.124. The first kappa shape index (κ1) is 26.4. The van der Waals surface area contributed by atoms with Crippen molar-refractivity contribution in [2.45, 2.75) is 20.4 Å². The van der Waals surface area contributed by atoms with E-state index in [0.29, 0.717) is 34.6 Å². The second-order valence-electron chi connectivity index (χ2n) is 11.6. The highest BCUT2D eigenvalue weighted by Gasteiger charge is 2.58. The lowest BCUT2D eigenvalue weighted by Gasteiger charge is -2.30. The number of rotatable bonds is 5. The fraction of sp³-hybridized carbons (Fsp3) is 0.414. The van der Waals surface area contributed by atoms with E-state index < -0.39 is 11.7 Å². The molecular weight excluding hydrogens is 507 g/mol. The zero-order valence-electron chi connectivity index (χ0n) is 22.3. The van der Waals surface area contributed by atoms with Crippen molar-refractivity contribution in [2.24, 2.45) is 17.9 Å². The highest BCUT2D eigenvalue weighted by Crippen LogP contribution is 2.52. The number of carbonyl (C=O) groups excluding carboxylic acids is 3. The van der Waals surface area contributed by atoms with Crippen molar-refractivity contribution in [2.75, 3.05) is 40.3 Å². The summed E-state index contributed by atoms with van der Waals surface area (Å²) in [5.74, 6) is -1.68. The number of aryl methyl sites for hydroxylation is 1. The zero-order valence-corrected chi connectivity index (χ0v) is 23.1. The predicted octanol–water partition coefficient (Wildman–Crippen LogP) is 4.23. The second-order valence-corrected chi connectivity index (χ2v) is 12.0. The Bertz CT molecular complexity index is 1450. The molecule has 1 aromatic heterocycles. The summed E-state index contributed by atoms with van der Waals surface area (Å²) >= 11 is 6.61. The van der Waals surface area contributed by atoms with Crippen molar-refractivity contribution in [3.05, 3.63) is 70.1 Å². The number of ketones is 1. The molecule has 2 aromatic carbocycles. The van der Waals surface area contributed by atoms with E-state index in [1.807, 2.05) is 17.0 Å². The van der Waals surface area contributed by atoms with Gasteiger partial charge in [-0.15, -0.1) is 0 Å². The van der Waals surface area contributed by atoms with Crippen molar-refractivity contribution in [1.29, 1.82) is 0 Å². The molecule has 2 fully saturated rings. The first-order valence-corrected chi connectivity index (χ1v) is 13.0. The number of hydrogen-bond acceptors (Lipinski definition) is 4. The molecule has 0 saturated carbocycles. The molecule has 2 atom stereocenters. The van der Waals surface area contributed by atoms with Gasteiger partial charge in [0.25, 0.3) is 17.6 Å². The molecule has 200 valence electrons. The van der Waals surface area contributed by atoms with Crippen molar-refractivity contribution >= 4 is 40.1 Å². The number of benzene rings is 2. The van der Waals surface area contributed by atoms with Gasteiger partial charge < -0.3 is 14.4 Å². The summed E-state index contributed by atoms with van der Waals surface area (Å²) in [6.07, 6.45) is 1.61. The third-order valence-corrected chi connectivity index (χ3v) is 8.76. The monoisotopic (exact) mass is 538 g/mol. The summed E-state index contributed by atoms with van der Waals surface area (Å²) in [5.41, 5.74) is 2.08. The van der Waals surface area contributed by atoms with Crippen LogP contribution in [0.15, 0.2) is 42.6 Å². The van der Waals surface area contributed by atoms with E-state index in [9.17, 15) is 18.8 Å². The molecule has 9 heteroatoms. The average molecular weight is 539 g/mol. The molecule has 3 aromatic rings. The molecular formula is C29H32ClFN4O3. The maximum Gasteiger partial charge on any atom is 0.294 e. The van der Waals surface area contributed by atoms with Gasteiger partial charge in [0, 0.05) is 76.3 Å². The maximum atomic E-state index is 13.8. The fourth-order valence-electron chi connectivity index (χ4n) is 6.14. The minimum Gasteiger partial charge on any atom is -0.350 e. The molecule has 0 spiro atoms. The third-order valence-electron chi connectivity index (χ3n) is 8.44. The Hall–Kier alpha value is -3.23. The first-order chi connectivity index (χ1) is 17.8. The van der Waals surface area contributed by atoms with Gasteiger partial charge in [-0.3, -0.25) is 19.3 Å². The summed E-state index contributed by atoms with van der Waals surface area (Å²) in [7, 11) is 4.84. The second kappa shape index (κ2) is 9.20. The van der Waals surface area contributed by atoms with Crippen LogP contribution in [0.1, 0.15) is 40.1 Å². The van der Waals surface area contributed by atoms with Gasteiger partial charge in [0.15, 0.2) is 0 Å². The van der Waals surface area contributed by atoms with Crippen LogP contribution >= 0.6 is 11.6 Å². The Morgan fingerprint density at radius 3 is 2.16 bits per heavy atom. The number of Topliss-reactive ketones (excluding diaryl/α,β-unsaturated/α-hetero) is 1. The number of hydrogen-bond donors (Lipinski definition) is 0. The van der Waals surface area contributed by atoms with Gasteiger partial charge in [0.1, 0.15) is 5.82 Å². The summed E-state index contributed by atoms with van der Waals surface area (Å²) in [6, 6.07) is 9.94. The van der Waals surface area contributed by atoms with Crippen LogP contribution < -0.4 is 0 Å². The summed E-state index contributed by atoms with van der Waals surface area (Å²) in [5, 5.41) is 0.842. The van der Waals surface area contributed by atoms with E-state index in [1.54, 1.807) is 29.9 Å². The summed E-state index contributed by atoms with van der Waals surface area (Å²) < 4.78 is 15.1. The van der Waals surface area contributed by atoms with E-state index in [4.69, 9.17) is 11.6 Å². The smallest absolute Gasteiger partial charge is 0.294 e. The summed E-state index contributed by atoms with van der Waals surface area (Å²) in [4.78, 5) is 44.5. The van der Waals surface area contributed by atoms with Crippen molar-refractivity contribution in [3.8, 4) is 0 Å². The van der Waals surface area contributed by atoms with Gasteiger partial charge in [0.05, 0.1) is 21.7 Å². The van der Waals surface area contributed by atoms with Crippen LogP contribution in [0, 0.1) is 16.6 Å². The van der Waals surface area contributed by atoms with E-state index >= 15 is 0 Å². The lowest BCUT2D eigenvalue weighted by Crippen LogP contribution is -2.35. The Labute approximate surface area is 226 Å². The predicted molar refractivity (Wildman–Crippen MR) is 145 cm³/mol. The number of likely N-dealkylation sites (N-methyl/N-ethyl adjacent to an activating group) is 1. The normalized spacial score (nSPS) is 23.2. The SMILES string of the molecule is CN(C)C(=O)C(=O)c1cn(C)c2cc(Cl)c(C(=O)N3CC4(C)CN(Cc5ccc(F)cc5)C[C@]4(C)C3)cc12. The maximum absolute atomic E-state index is 13.8. The van der Waals surface area contributed by atoms with Crippen LogP contribution in [0.3, 0.4) is 0 Å². The molecule has 2 amide bonds. The fourth-order valence-corrected chi connectivity index (χ4v) is 6.38. The van der Waals surface area contributed by atoms with Crippen LogP contribution in [0.4, 0.5) is 4.39 Å². The molecule has 7 nitrogen and oxygen atoms in total. The highest BCUT2D eigenvalue weighted by molar-refractivity contribution is 6.45. The number of fused-ring (bicyclic) bond motifs is 2. The van der Waals surface area contributed by atoms with E-state index in [2.05, 4.69) is 18.7 Å². The molecule has 2 aliphatic heterocycles. The molecule has 2 aliphatic rings. The summed E-state index contributed by atoms with van der Waals surface area (Å²) in [6.45, 7) is 7.97. The van der Waals surface area contributed by atoms with Gasteiger partial charge in [-0.05, 0) is 29.8 Å². The van der Waals surface area contributed by atoms with E-state index in [0.717, 1.165) is 25.2 Å². The van der Waals surface area contributed by atoms with Gasteiger partial charge in [-0.25, -0.2) is 4.39 Å². The van der Waals surface area contributed by atoms with Gasteiger partial charge >= 0.3 is 0 Å². The minimum atomic E-state index is -0.627. The van der Waals surface area contributed by atoms with E-state index in [1.165, 1.54) is 31.1 Å². The number of halogens is 2. The molecule has 1 unspecified atom stereocenters. The molecule has 0 radical (unpaired) electrons. The van der Waals surface area contributed by atoms with Crippen LogP contribution in [0.2, 0.25) is 5.02 Å².